The van der Waals surface area contributed by atoms with Crippen LogP contribution in [0.2, 0.25) is 0 Å². The van der Waals surface area contributed by atoms with Crippen LogP contribution in [0.3, 0.4) is 0 Å². The summed E-state index contributed by atoms with van der Waals surface area (Å²) in [7, 11) is 0. The molecule has 6 nitrogen and oxygen atoms in total. The Balaban J connectivity index is 2.17. The van der Waals surface area contributed by atoms with Crippen LogP contribution in [0.5, 0.6) is 0 Å². The molecule has 1 saturated heterocycles. The molecule has 102 valence electrons. The normalized spacial score (nSPS) is 23.2. The largest absolute Gasteiger partial charge is 0.462 e. The van der Waals surface area contributed by atoms with Gasteiger partial charge >= 0.3 is 11.9 Å². The Kier molecular flexibility index (Phi) is 5.80. The summed E-state index contributed by atoms with van der Waals surface area (Å²) in [6.45, 7) is 7.47. The van der Waals surface area contributed by atoms with Crippen LogP contribution >= 0.6 is 0 Å². The van der Waals surface area contributed by atoms with E-state index in [9.17, 15) is 9.59 Å². The summed E-state index contributed by atoms with van der Waals surface area (Å²) in [5.74, 6) is -1.01. The van der Waals surface area contributed by atoms with Crippen molar-refractivity contribution >= 4 is 11.9 Å². The zero-order chi connectivity index (χ0) is 13.5. The molecule has 1 aliphatic rings. The molecule has 0 aromatic carbocycles. The van der Waals surface area contributed by atoms with Gasteiger partial charge in [-0.1, -0.05) is 6.58 Å². The fraction of sp³-hybridized carbons (Fsp3) is 0.667. The zero-order valence-electron chi connectivity index (χ0n) is 10.6. The van der Waals surface area contributed by atoms with Gasteiger partial charge in [0.1, 0.15) is 13.2 Å². The lowest BCUT2D eigenvalue weighted by atomic mass is 10.3. The Hall–Kier alpha value is -1.40. The number of hydrogen-bond acceptors (Lipinski definition) is 6. The van der Waals surface area contributed by atoms with Crippen LogP contribution in [0.25, 0.3) is 0 Å². The Morgan fingerprint density at radius 3 is 2.72 bits per heavy atom. The van der Waals surface area contributed by atoms with Crippen LogP contribution in [0, 0.1) is 0 Å². The maximum atomic E-state index is 11.4. The highest BCUT2D eigenvalue weighted by Crippen LogP contribution is 2.09. The summed E-state index contributed by atoms with van der Waals surface area (Å²) in [5.41, 5.74) is 0.293. The van der Waals surface area contributed by atoms with E-state index in [1.165, 1.54) is 6.92 Å². The Bertz CT molecular complexity index is 325. The first kappa shape index (κ1) is 14.7. The molecule has 0 aliphatic carbocycles. The SMILES string of the molecule is C=C(C)C(=O)OCCC(=O)OC1COCC(C)O1. The summed E-state index contributed by atoms with van der Waals surface area (Å²) in [4.78, 5) is 22.4. The molecule has 2 atom stereocenters. The lowest BCUT2D eigenvalue weighted by Crippen LogP contribution is -2.37. The summed E-state index contributed by atoms with van der Waals surface area (Å²) >= 11 is 0. The van der Waals surface area contributed by atoms with Crippen molar-refractivity contribution in [2.24, 2.45) is 0 Å². The van der Waals surface area contributed by atoms with Gasteiger partial charge in [0.15, 0.2) is 0 Å². The van der Waals surface area contributed by atoms with E-state index in [4.69, 9.17) is 18.9 Å². The Morgan fingerprint density at radius 2 is 2.11 bits per heavy atom. The highest BCUT2D eigenvalue weighted by Gasteiger charge is 2.23. The van der Waals surface area contributed by atoms with Gasteiger partial charge in [0.2, 0.25) is 6.29 Å². The molecule has 18 heavy (non-hydrogen) atoms. The van der Waals surface area contributed by atoms with E-state index in [-0.39, 0.29) is 25.7 Å². The average molecular weight is 258 g/mol. The minimum Gasteiger partial charge on any atom is -0.462 e. The highest BCUT2D eigenvalue weighted by atomic mass is 16.7. The van der Waals surface area contributed by atoms with Gasteiger partial charge in [-0.25, -0.2) is 4.79 Å². The van der Waals surface area contributed by atoms with Gasteiger partial charge in [0.25, 0.3) is 0 Å². The molecule has 0 spiro atoms. The Morgan fingerprint density at radius 1 is 1.39 bits per heavy atom. The number of rotatable bonds is 5. The van der Waals surface area contributed by atoms with Crippen LogP contribution in [0.4, 0.5) is 0 Å². The smallest absolute Gasteiger partial charge is 0.333 e. The van der Waals surface area contributed by atoms with E-state index >= 15 is 0 Å². The molecule has 0 bridgehead atoms. The lowest BCUT2D eigenvalue weighted by Gasteiger charge is -2.27. The van der Waals surface area contributed by atoms with Crippen LogP contribution in [0.1, 0.15) is 20.3 Å². The maximum Gasteiger partial charge on any atom is 0.333 e. The fourth-order valence-electron chi connectivity index (χ4n) is 1.29. The third-order valence-electron chi connectivity index (χ3n) is 2.14. The van der Waals surface area contributed by atoms with Gasteiger partial charge in [-0.3, -0.25) is 4.79 Å². The molecular formula is C12H18O6. The lowest BCUT2D eigenvalue weighted by molar-refractivity contribution is -0.234. The average Bonchev–Trinajstić information content (AvgIpc) is 2.28. The number of carbonyl (C=O) groups is 2. The molecule has 1 fully saturated rings. The predicted octanol–water partition coefficient (Wildman–Crippen LogP) is 0.800. The number of hydrogen-bond donors (Lipinski definition) is 0. The molecule has 6 heteroatoms. The number of carbonyl (C=O) groups excluding carboxylic acids is 2. The minimum absolute atomic E-state index is 0.0206. The van der Waals surface area contributed by atoms with Crippen molar-refractivity contribution in [1.82, 2.24) is 0 Å². The van der Waals surface area contributed by atoms with Gasteiger partial charge in [-0.2, -0.15) is 0 Å². The predicted molar refractivity (Wildman–Crippen MR) is 61.6 cm³/mol. The van der Waals surface area contributed by atoms with E-state index in [1.807, 2.05) is 6.92 Å². The molecule has 0 amide bonds. The zero-order valence-corrected chi connectivity index (χ0v) is 10.6. The van der Waals surface area contributed by atoms with Crippen molar-refractivity contribution in [2.75, 3.05) is 19.8 Å². The van der Waals surface area contributed by atoms with Gasteiger partial charge in [0, 0.05) is 5.57 Å². The highest BCUT2D eigenvalue weighted by molar-refractivity contribution is 5.87. The van der Waals surface area contributed by atoms with Crippen molar-refractivity contribution < 1.29 is 28.5 Å². The first-order chi connectivity index (χ1) is 8.49. The second-order valence-electron chi connectivity index (χ2n) is 4.07. The topological polar surface area (TPSA) is 71.1 Å². The van der Waals surface area contributed by atoms with Crippen molar-refractivity contribution in [3.8, 4) is 0 Å². The van der Waals surface area contributed by atoms with E-state index in [0.717, 1.165) is 0 Å². The van der Waals surface area contributed by atoms with Crippen molar-refractivity contribution in [3.63, 3.8) is 0 Å². The second-order valence-corrected chi connectivity index (χ2v) is 4.07. The molecule has 0 aromatic heterocycles. The summed E-state index contributed by atoms with van der Waals surface area (Å²) < 4.78 is 20.3. The van der Waals surface area contributed by atoms with Crippen molar-refractivity contribution in [2.45, 2.75) is 32.7 Å². The third-order valence-corrected chi connectivity index (χ3v) is 2.14. The third kappa shape index (κ3) is 5.29. The first-order valence-electron chi connectivity index (χ1n) is 5.74. The second kappa shape index (κ2) is 7.13. The van der Waals surface area contributed by atoms with Crippen molar-refractivity contribution in [3.05, 3.63) is 12.2 Å². The summed E-state index contributed by atoms with van der Waals surface area (Å²) in [6.07, 6.45) is -0.802. The van der Waals surface area contributed by atoms with Crippen LogP contribution in [0.15, 0.2) is 12.2 Å². The van der Waals surface area contributed by atoms with E-state index < -0.39 is 18.2 Å². The molecule has 0 N–H and O–H groups in total. The van der Waals surface area contributed by atoms with E-state index in [0.29, 0.717) is 12.2 Å². The van der Waals surface area contributed by atoms with E-state index in [2.05, 4.69) is 6.58 Å². The maximum absolute atomic E-state index is 11.4. The van der Waals surface area contributed by atoms with Gasteiger partial charge in [-0.15, -0.1) is 0 Å². The van der Waals surface area contributed by atoms with Crippen LogP contribution < -0.4 is 0 Å². The summed E-state index contributed by atoms with van der Waals surface area (Å²) in [5, 5.41) is 0. The van der Waals surface area contributed by atoms with Gasteiger partial charge in [-0.05, 0) is 13.8 Å². The van der Waals surface area contributed by atoms with Gasteiger partial charge in [0.05, 0.1) is 19.1 Å². The van der Waals surface area contributed by atoms with Crippen molar-refractivity contribution in [1.29, 1.82) is 0 Å². The number of esters is 2. The standard InChI is InChI=1S/C12H18O6/c1-8(2)12(14)16-5-4-10(13)18-11-7-15-6-9(3)17-11/h9,11H,1,4-7H2,2-3H3. The summed E-state index contributed by atoms with van der Waals surface area (Å²) in [6, 6.07) is 0. The van der Waals surface area contributed by atoms with Crippen LogP contribution in [-0.2, 0) is 28.5 Å². The Labute approximate surface area is 106 Å². The molecule has 1 aliphatic heterocycles. The molecule has 0 aromatic rings. The number of ether oxygens (including phenoxy) is 4. The molecule has 0 radical (unpaired) electrons. The minimum atomic E-state index is -0.682. The quantitative estimate of drug-likeness (QED) is 0.536. The first-order valence-corrected chi connectivity index (χ1v) is 5.74. The monoisotopic (exact) mass is 258 g/mol. The van der Waals surface area contributed by atoms with E-state index in [1.54, 1.807) is 0 Å². The van der Waals surface area contributed by atoms with Crippen LogP contribution in [-0.4, -0.2) is 44.2 Å². The molecule has 0 saturated carbocycles. The molecule has 1 rings (SSSR count). The molecular weight excluding hydrogens is 240 g/mol. The fourth-order valence-corrected chi connectivity index (χ4v) is 1.29. The van der Waals surface area contributed by atoms with Gasteiger partial charge < -0.3 is 18.9 Å². The molecule has 1 heterocycles. The molecule has 2 unspecified atom stereocenters.